The molecule has 1 saturated heterocycles. The molecule has 0 bridgehead atoms. The molecule has 0 radical (unpaired) electrons. The van der Waals surface area contributed by atoms with Crippen molar-refractivity contribution < 1.29 is 29.0 Å². The zero-order valence-electron chi connectivity index (χ0n) is 18.7. The summed E-state index contributed by atoms with van der Waals surface area (Å²) in [6.45, 7) is 1.81. The maximum absolute atomic E-state index is 12.7. The number of fused-ring (bicyclic) bond motifs is 3. The number of hydrogen-bond acceptors (Lipinski definition) is 5. The molecule has 2 aromatic carbocycles. The van der Waals surface area contributed by atoms with Crippen LogP contribution in [0.3, 0.4) is 0 Å². The molecule has 4 N–H and O–H groups in total. The number of piperidine rings is 1. The van der Waals surface area contributed by atoms with Crippen molar-refractivity contribution in [3.05, 3.63) is 59.7 Å². The maximum atomic E-state index is 12.7. The van der Waals surface area contributed by atoms with Crippen LogP contribution in [-0.4, -0.2) is 53.7 Å². The minimum absolute atomic E-state index is 0.0486. The summed E-state index contributed by atoms with van der Waals surface area (Å²) in [7, 11) is 0. The van der Waals surface area contributed by atoms with E-state index in [2.05, 4.69) is 16.0 Å². The van der Waals surface area contributed by atoms with Gasteiger partial charge in [0.05, 0.1) is 6.42 Å². The lowest BCUT2D eigenvalue weighted by Gasteiger charge is -2.31. The molecular weight excluding hydrogens is 438 g/mol. The van der Waals surface area contributed by atoms with Crippen molar-refractivity contribution in [2.24, 2.45) is 0 Å². The van der Waals surface area contributed by atoms with Crippen molar-refractivity contribution in [3.63, 3.8) is 0 Å². The van der Waals surface area contributed by atoms with Crippen molar-refractivity contribution >= 4 is 23.9 Å². The summed E-state index contributed by atoms with van der Waals surface area (Å²) in [4.78, 5) is 48.1. The Labute approximate surface area is 196 Å². The Morgan fingerprint density at radius 1 is 1.09 bits per heavy atom. The number of hydrogen-bond donors (Lipinski definition) is 4. The molecule has 4 rings (SSSR count). The lowest BCUT2D eigenvalue weighted by molar-refractivity contribution is -0.140. The molecule has 0 aromatic heterocycles. The molecule has 1 aliphatic carbocycles. The molecule has 2 aromatic rings. The Morgan fingerprint density at radius 2 is 1.71 bits per heavy atom. The third-order valence-electron chi connectivity index (χ3n) is 6.33. The van der Waals surface area contributed by atoms with E-state index in [1.807, 2.05) is 48.5 Å². The number of ether oxygens (including phenoxy) is 1. The fourth-order valence-corrected chi connectivity index (χ4v) is 4.61. The van der Waals surface area contributed by atoms with Gasteiger partial charge in [0.2, 0.25) is 11.8 Å². The van der Waals surface area contributed by atoms with Gasteiger partial charge in [-0.25, -0.2) is 4.79 Å². The topological polar surface area (TPSA) is 134 Å². The SMILES string of the molecule is CC1NC(=O)CCC1NC(=O)C(CC(=O)O)NC(=O)OCC1c2ccccc2-c2ccccc21. The smallest absolute Gasteiger partial charge is 0.407 e. The Kier molecular flexibility index (Phi) is 6.81. The first-order chi connectivity index (χ1) is 16.3. The summed E-state index contributed by atoms with van der Waals surface area (Å²) in [6.07, 6.45) is -0.765. The molecule has 9 heteroatoms. The standard InChI is InChI=1S/C25H27N3O6/c1-14-20(10-11-22(29)26-14)27-24(32)21(12-23(30)31)28-25(33)34-13-19-17-8-4-2-6-15(17)16-7-3-5-9-18(16)19/h2-9,14,19-21H,10-13H2,1H3,(H,26,29)(H,27,32)(H,28,33)(H,30,31). The van der Waals surface area contributed by atoms with E-state index in [9.17, 15) is 24.3 Å². The second-order valence-corrected chi connectivity index (χ2v) is 8.63. The normalized spacial score (nSPS) is 19.9. The van der Waals surface area contributed by atoms with E-state index < -0.39 is 30.4 Å². The number of amides is 3. The minimum atomic E-state index is -1.31. The fraction of sp³-hybridized carbons (Fsp3) is 0.360. The molecular formula is C25H27N3O6. The zero-order valence-corrected chi connectivity index (χ0v) is 18.7. The molecule has 2 aliphatic rings. The van der Waals surface area contributed by atoms with Crippen molar-refractivity contribution in [1.29, 1.82) is 0 Å². The summed E-state index contributed by atoms with van der Waals surface area (Å²) in [5.41, 5.74) is 4.27. The molecule has 3 atom stereocenters. The molecule has 3 amide bonds. The van der Waals surface area contributed by atoms with Crippen LogP contribution >= 0.6 is 0 Å². The Hall–Kier alpha value is -3.88. The third kappa shape index (κ3) is 5.03. The number of carbonyl (C=O) groups is 4. The van der Waals surface area contributed by atoms with Crippen LogP contribution in [0.25, 0.3) is 11.1 Å². The zero-order chi connectivity index (χ0) is 24.2. The first-order valence-electron chi connectivity index (χ1n) is 11.3. The minimum Gasteiger partial charge on any atom is -0.481 e. The number of alkyl carbamates (subject to hydrolysis) is 1. The van der Waals surface area contributed by atoms with Gasteiger partial charge in [-0.1, -0.05) is 48.5 Å². The Balaban J connectivity index is 1.39. The molecule has 1 aliphatic heterocycles. The van der Waals surface area contributed by atoms with E-state index in [1.165, 1.54) is 0 Å². The van der Waals surface area contributed by atoms with Crippen LogP contribution in [-0.2, 0) is 19.1 Å². The lowest BCUT2D eigenvalue weighted by Crippen LogP contribution is -2.58. The fourth-order valence-electron chi connectivity index (χ4n) is 4.61. The monoisotopic (exact) mass is 465 g/mol. The molecule has 178 valence electrons. The quantitative estimate of drug-likeness (QED) is 0.495. The summed E-state index contributed by atoms with van der Waals surface area (Å²) in [6, 6.07) is 13.8. The average Bonchev–Trinajstić information content (AvgIpc) is 3.12. The van der Waals surface area contributed by atoms with Crippen molar-refractivity contribution in [2.45, 2.75) is 50.2 Å². The summed E-state index contributed by atoms with van der Waals surface area (Å²) < 4.78 is 5.45. The van der Waals surface area contributed by atoms with Crippen LogP contribution in [0.5, 0.6) is 0 Å². The summed E-state index contributed by atoms with van der Waals surface area (Å²) >= 11 is 0. The molecule has 1 heterocycles. The highest BCUT2D eigenvalue weighted by molar-refractivity contribution is 5.89. The second kappa shape index (κ2) is 9.94. The number of carbonyl (C=O) groups excluding carboxylic acids is 3. The number of nitrogens with one attached hydrogen (secondary N) is 3. The highest BCUT2D eigenvalue weighted by Crippen LogP contribution is 2.44. The number of rotatable bonds is 7. The first-order valence-corrected chi connectivity index (χ1v) is 11.3. The van der Waals surface area contributed by atoms with Crippen molar-refractivity contribution in [2.75, 3.05) is 6.61 Å². The number of carboxylic acid groups (broad SMARTS) is 1. The van der Waals surface area contributed by atoms with Crippen LogP contribution in [0.2, 0.25) is 0 Å². The van der Waals surface area contributed by atoms with Crippen LogP contribution in [0.4, 0.5) is 4.79 Å². The van der Waals surface area contributed by atoms with Gasteiger partial charge in [-0.2, -0.15) is 0 Å². The molecule has 0 spiro atoms. The Bertz CT molecular complexity index is 1070. The van der Waals surface area contributed by atoms with E-state index in [0.29, 0.717) is 6.42 Å². The average molecular weight is 466 g/mol. The van der Waals surface area contributed by atoms with Crippen molar-refractivity contribution in [3.8, 4) is 11.1 Å². The predicted molar refractivity (Wildman–Crippen MR) is 123 cm³/mol. The number of aliphatic carboxylic acids is 1. The van der Waals surface area contributed by atoms with E-state index in [-0.39, 0.29) is 36.9 Å². The highest BCUT2D eigenvalue weighted by atomic mass is 16.5. The van der Waals surface area contributed by atoms with E-state index in [1.54, 1.807) is 6.92 Å². The van der Waals surface area contributed by atoms with Crippen LogP contribution < -0.4 is 16.0 Å². The highest BCUT2D eigenvalue weighted by Gasteiger charge is 2.32. The largest absolute Gasteiger partial charge is 0.481 e. The van der Waals surface area contributed by atoms with Gasteiger partial charge in [0.15, 0.2) is 0 Å². The van der Waals surface area contributed by atoms with Gasteiger partial charge in [-0.15, -0.1) is 0 Å². The Morgan fingerprint density at radius 3 is 2.29 bits per heavy atom. The van der Waals surface area contributed by atoms with Gasteiger partial charge < -0.3 is 25.8 Å². The molecule has 0 saturated carbocycles. The van der Waals surface area contributed by atoms with Gasteiger partial charge in [0.25, 0.3) is 0 Å². The molecule has 3 unspecified atom stereocenters. The first kappa shape index (κ1) is 23.3. The molecule has 9 nitrogen and oxygen atoms in total. The lowest BCUT2D eigenvalue weighted by atomic mass is 9.98. The van der Waals surface area contributed by atoms with E-state index in [4.69, 9.17) is 4.74 Å². The van der Waals surface area contributed by atoms with Crippen LogP contribution in [0, 0.1) is 0 Å². The second-order valence-electron chi connectivity index (χ2n) is 8.63. The van der Waals surface area contributed by atoms with Crippen molar-refractivity contribution in [1.82, 2.24) is 16.0 Å². The summed E-state index contributed by atoms with van der Waals surface area (Å²) in [5.74, 6) is -2.12. The maximum Gasteiger partial charge on any atom is 0.407 e. The van der Waals surface area contributed by atoms with Gasteiger partial charge >= 0.3 is 12.1 Å². The predicted octanol–water partition coefficient (Wildman–Crippen LogP) is 2.15. The van der Waals surface area contributed by atoms with Gasteiger partial charge in [0, 0.05) is 24.4 Å². The van der Waals surface area contributed by atoms with Gasteiger partial charge in [-0.3, -0.25) is 14.4 Å². The van der Waals surface area contributed by atoms with E-state index in [0.717, 1.165) is 22.3 Å². The van der Waals surface area contributed by atoms with E-state index >= 15 is 0 Å². The van der Waals surface area contributed by atoms with Gasteiger partial charge in [0.1, 0.15) is 12.6 Å². The third-order valence-corrected chi connectivity index (χ3v) is 6.33. The van der Waals surface area contributed by atoms with Gasteiger partial charge in [-0.05, 0) is 35.6 Å². The number of carboxylic acids is 1. The summed E-state index contributed by atoms with van der Waals surface area (Å²) in [5, 5.41) is 17.1. The number of benzene rings is 2. The molecule has 34 heavy (non-hydrogen) atoms. The van der Waals surface area contributed by atoms with Crippen LogP contribution in [0.1, 0.15) is 43.2 Å². The van der Waals surface area contributed by atoms with Crippen LogP contribution in [0.15, 0.2) is 48.5 Å². The molecule has 1 fully saturated rings.